The van der Waals surface area contributed by atoms with Gasteiger partial charge < -0.3 is 9.84 Å². The molecular formula is C17H20N4O3. The molecule has 24 heavy (non-hydrogen) atoms. The van der Waals surface area contributed by atoms with Crippen molar-refractivity contribution in [3.63, 3.8) is 0 Å². The Kier molecular flexibility index (Phi) is 5.73. The second-order valence-corrected chi connectivity index (χ2v) is 5.13. The van der Waals surface area contributed by atoms with Crippen LogP contribution in [0.5, 0.6) is 5.88 Å². The van der Waals surface area contributed by atoms with Gasteiger partial charge in [-0.2, -0.15) is 10.2 Å². The number of benzene rings is 1. The van der Waals surface area contributed by atoms with Crippen LogP contribution in [-0.4, -0.2) is 33.3 Å². The molecule has 1 aromatic heterocycles. The van der Waals surface area contributed by atoms with Gasteiger partial charge in [0.05, 0.1) is 17.1 Å². The summed E-state index contributed by atoms with van der Waals surface area (Å²) < 4.78 is 7.05. The second kappa shape index (κ2) is 7.96. The molecule has 7 nitrogen and oxygen atoms in total. The van der Waals surface area contributed by atoms with E-state index < -0.39 is 5.97 Å². The highest BCUT2D eigenvalue weighted by atomic mass is 16.5. The number of ether oxygens (including phenoxy) is 1. The summed E-state index contributed by atoms with van der Waals surface area (Å²) in [5.41, 5.74) is 2.26. The fraction of sp³-hybridized carbons (Fsp3) is 0.235. The Hall–Kier alpha value is -3.09. The summed E-state index contributed by atoms with van der Waals surface area (Å²) in [5.74, 6) is -0.606. The number of nitrogens with zero attached hydrogens (tertiary/aromatic N) is 4. The monoisotopic (exact) mass is 328 g/mol. The Labute approximate surface area is 140 Å². The molecular weight excluding hydrogens is 308 g/mol. The van der Waals surface area contributed by atoms with E-state index in [0.29, 0.717) is 11.6 Å². The smallest absolute Gasteiger partial charge is 0.325 e. The molecule has 2 aromatic rings. The molecule has 1 heterocycles. The molecule has 0 saturated carbocycles. The van der Waals surface area contributed by atoms with Gasteiger partial charge in [0.2, 0.25) is 5.88 Å². The number of para-hydroxylation sites is 1. The zero-order chi connectivity index (χ0) is 17.5. The third-order valence-electron chi connectivity index (χ3n) is 3.11. The van der Waals surface area contributed by atoms with Crippen molar-refractivity contribution in [3.8, 4) is 5.88 Å². The van der Waals surface area contributed by atoms with Gasteiger partial charge in [-0.3, -0.25) is 4.79 Å². The van der Waals surface area contributed by atoms with Crippen LogP contribution < -0.4 is 9.75 Å². The topological polar surface area (TPSA) is 80.0 Å². The van der Waals surface area contributed by atoms with Crippen LogP contribution in [0, 0.1) is 6.92 Å². The number of rotatable bonds is 8. The largest absolute Gasteiger partial charge is 0.480 e. The molecule has 0 fully saturated rings. The fourth-order valence-corrected chi connectivity index (χ4v) is 2.00. The van der Waals surface area contributed by atoms with E-state index in [0.717, 1.165) is 11.4 Å². The van der Waals surface area contributed by atoms with Crippen LogP contribution in [0.25, 0.3) is 0 Å². The Balaban J connectivity index is 2.19. The number of carboxylic acids is 1. The average molecular weight is 328 g/mol. The Bertz CT molecular complexity index is 738. The summed E-state index contributed by atoms with van der Waals surface area (Å²) in [6.45, 7) is 7.16. The molecule has 0 saturated heterocycles. The molecule has 0 radical (unpaired) electrons. The lowest BCUT2D eigenvalue weighted by Crippen LogP contribution is -2.24. The minimum Gasteiger partial charge on any atom is -0.480 e. The minimum absolute atomic E-state index is 0.111. The molecule has 0 atom stereocenters. The van der Waals surface area contributed by atoms with Crippen LogP contribution in [0.1, 0.15) is 12.6 Å². The molecule has 0 amide bonds. The molecule has 1 N–H and O–H groups in total. The molecule has 0 aliphatic carbocycles. The van der Waals surface area contributed by atoms with E-state index in [-0.39, 0.29) is 13.3 Å². The van der Waals surface area contributed by atoms with Crippen molar-refractivity contribution in [2.75, 3.05) is 11.7 Å². The molecule has 1 aromatic carbocycles. The lowest BCUT2D eigenvalue weighted by atomic mass is 10.3. The van der Waals surface area contributed by atoms with Crippen LogP contribution in [0.2, 0.25) is 0 Å². The predicted octanol–water partition coefficient (Wildman–Crippen LogP) is 2.68. The third-order valence-corrected chi connectivity index (χ3v) is 3.11. The van der Waals surface area contributed by atoms with Gasteiger partial charge >= 0.3 is 5.97 Å². The Morgan fingerprint density at radius 3 is 2.79 bits per heavy atom. The first-order chi connectivity index (χ1) is 11.5. The highest BCUT2D eigenvalue weighted by Gasteiger charge is 2.12. The van der Waals surface area contributed by atoms with Crippen LogP contribution in [0.15, 0.2) is 54.2 Å². The molecule has 7 heteroatoms. The number of allylic oxidation sites excluding steroid dienone is 1. The molecule has 0 aliphatic heterocycles. The molecule has 0 spiro atoms. The van der Waals surface area contributed by atoms with Crippen LogP contribution in [0.4, 0.5) is 5.69 Å². The first-order valence-electron chi connectivity index (χ1n) is 7.39. The Morgan fingerprint density at radius 1 is 1.46 bits per heavy atom. The summed E-state index contributed by atoms with van der Waals surface area (Å²) in [7, 11) is 0. The van der Waals surface area contributed by atoms with Gasteiger partial charge in [-0.15, -0.1) is 0 Å². The van der Waals surface area contributed by atoms with E-state index in [9.17, 15) is 4.79 Å². The normalized spacial score (nSPS) is 11.2. The zero-order valence-electron chi connectivity index (χ0n) is 13.7. The van der Waals surface area contributed by atoms with E-state index in [4.69, 9.17) is 9.84 Å². The van der Waals surface area contributed by atoms with E-state index in [1.54, 1.807) is 24.1 Å². The van der Waals surface area contributed by atoms with E-state index >= 15 is 0 Å². The maximum absolute atomic E-state index is 10.9. The Morgan fingerprint density at radius 2 is 2.17 bits per heavy atom. The second-order valence-electron chi connectivity index (χ2n) is 5.13. The van der Waals surface area contributed by atoms with Gasteiger partial charge in [0, 0.05) is 6.07 Å². The first-order valence-corrected chi connectivity index (χ1v) is 7.39. The summed E-state index contributed by atoms with van der Waals surface area (Å²) in [6.07, 6.45) is 1.65. The number of hydrogen-bond acceptors (Lipinski definition) is 5. The number of aromatic nitrogens is 2. The fourth-order valence-electron chi connectivity index (χ4n) is 2.00. The minimum atomic E-state index is -0.983. The average Bonchev–Trinajstić information content (AvgIpc) is 2.90. The van der Waals surface area contributed by atoms with Gasteiger partial charge in [0.25, 0.3) is 0 Å². The van der Waals surface area contributed by atoms with E-state index in [2.05, 4.69) is 16.8 Å². The summed E-state index contributed by atoms with van der Waals surface area (Å²) >= 11 is 0. The molecule has 0 bridgehead atoms. The van der Waals surface area contributed by atoms with E-state index in [1.807, 2.05) is 37.3 Å². The van der Waals surface area contributed by atoms with Crippen molar-refractivity contribution in [3.05, 3.63) is 54.7 Å². The van der Waals surface area contributed by atoms with Crippen LogP contribution >= 0.6 is 0 Å². The van der Waals surface area contributed by atoms with Crippen LogP contribution in [0.3, 0.4) is 0 Å². The molecule has 2 rings (SSSR count). The van der Waals surface area contributed by atoms with E-state index in [1.165, 1.54) is 4.68 Å². The van der Waals surface area contributed by atoms with Gasteiger partial charge in [-0.25, -0.2) is 9.69 Å². The number of carbonyl (C=O) groups is 1. The number of carboxylic acid groups (broad SMARTS) is 1. The number of aliphatic carboxylic acids is 1. The van der Waals surface area contributed by atoms with Crippen molar-refractivity contribution in [2.24, 2.45) is 5.10 Å². The highest BCUT2D eigenvalue weighted by molar-refractivity contribution is 5.92. The maximum Gasteiger partial charge on any atom is 0.325 e. The quantitative estimate of drug-likeness (QED) is 0.458. The number of aryl methyl sites for hydroxylation is 1. The van der Waals surface area contributed by atoms with Gasteiger partial charge in [-0.1, -0.05) is 24.8 Å². The summed E-state index contributed by atoms with van der Waals surface area (Å²) in [6, 6.07) is 11.2. The lowest BCUT2D eigenvalue weighted by Gasteiger charge is -2.20. The first kappa shape index (κ1) is 17.3. The molecule has 126 valence electrons. The number of hydrazone groups is 1. The lowest BCUT2D eigenvalue weighted by molar-refractivity contribution is -0.138. The van der Waals surface area contributed by atoms with Crippen LogP contribution in [-0.2, 0) is 11.3 Å². The zero-order valence-corrected chi connectivity index (χ0v) is 13.7. The molecule has 0 aliphatic rings. The van der Waals surface area contributed by atoms with Gasteiger partial charge in [0.15, 0.2) is 6.73 Å². The number of hydrogen-bond donors (Lipinski definition) is 1. The SMILES string of the molecule is C=C/C(C)=N\N(COc1cc(C)nn1CC(=O)O)c1ccccc1. The maximum atomic E-state index is 10.9. The number of anilines is 1. The molecule has 0 unspecified atom stereocenters. The highest BCUT2D eigenvalue weighted by Crippen LogP contribution is 2.17. The van der Waals surface area contributed by atoms with Gasteiger partial charge in [0.1, 0.15) is 6.54 Å². The summed E-state index contributed by atoms with van der Waals surface area (Å²) in [4.78, 5) is 10.9. The van der Waals surface area contributed by atoms with Crippen molar-refractivity contribution in [1.82, 2.24) is 9.78 Å². The van der Waals surface area contributed by atoms with Gasteiger partial charge in [-0.05, 0) is 32.1 Å². The predicted molar refractivity (Wildman–Crippen MR) is 92.3 cm³/mol. The van der Waals surface area contributed by atoms with Crippen molar-refractivity contribution in [1.29, 1.82) is 0 Å². The van der Waals surface area contributed by atoms with Crippen molar-refractivity contribution in [2.45, 2.75) is 20.4 Å². The standard InChI is InChI=1S/C17H20N4O3/c1-4-13(2)18-21(15-8-6-5-7-9-15)12-24-16-10-14(3)19-20(16)11-17(22)23/h4-10H,1,11-12H2,2-3H3,(H,22,23)/b18-13-. The van der Waals surface area contributed by atoms with Crippen molar-refractivity contribution < 1.29 is 14.6 Å². The summed E-state index contributed by atoms with van der Waals surface area (Å²) in [5, 5.41) is 19.2. The van der Waals surface area contributed by atoms with Crippen molar-refractivity contribution >= 4 is 17.4 Å². The third kappa shape index (κ3) is 4.70.